The maximum absolute atomic E-state index is 12.7. The van der Waals surface area contributed by atoms with E-state index in [1.807, 2.05) is 6.07 Å². The number of pyridine rings is 1. The summed E-state index contributed by atoms with van der Waals surface area (Å²) in [4.78, 5) is 3.99. The molecule has 0 aliphatic carbocycles. The Balaban J connectivity index is 2.53. The molecule has 2 aromatic rings. The van der Waals surface area contributed by atoms with Crippen molar-refractivity contribution in [3.63, 3.8) is 0 Å². The van der Waals surface area contributed by atoms with Gasteiger partial charge in [0, 0.05) is 17.3 Å². The van der Waals surface area contributed by atoms with Crippen LogP contribution < -0.4 is 0 Å². The second-order valence-corrected chi connectivity index (χ2v) is 3.11. The Morgan fingerprint density at radius 2 is 1.67 bits per heavy atom. The van der Waals surface area contributed by atoms with Crippen molar-refractivity contribution in [2.24, 2.45) is 0 Å². The molecule has 15 heavy (non-hydrogen) atoms. The first-order chi connectivity index (χ1) is 7.29. The lowest BCUT2D eigenvalue weighted by Crippen LogP contribution is -1.92. The van der Waals surface area contributed by atoms with Crippen molar-refractivity contribution in [2.45, 2.75) is 6.43 Å². The van der Waals surface area contributed by atoms with E-state index in [2.05, 4.69) is 4.98 Å². The summed E-state index contributed by atoms with van der Waals surface area (Å²) in [6.07, 6.45) is -0.970. The summed E-state index contributed by atoms with van der Waals surface area (Å²) in [7, 11) is 0. The fraction of sp³-hybridized carbons (Fsp3) is 0.0833. The van der Waals surface area contributed by atoms with E-state index in [0.29, 0.717) is 11.3 Å². The van der Waals surface area contributed by atoms with Crippen molar-refractivity contribution in [2.75, 3.05) is 0 Å². The zero-order valence-corrected chi connectivity index (χ0v) is 7.90. The van der Waals surface area contributed by atoms with Gasteiger partial charge in [-0.15, -0.1) is 0 Å². The van der Waals surface area contributed by atoms with Gasteiger partial charge in [0.2, 0.25) is 0 Å². The Bertz CT molecular complexity index is 440. The molecular weight excluding hydrogens is 196 g/mol. The minimum Gasteiger partial charge on any atom is -0.256 e. The highest BCUT2D eigenvalue weighted by Crippen LogP contribution is 2.28. The number of aromatic nitrogens is 1. The van der Waals surface area contributed by atoms with Crippen LogP contribution in [-0.2, 0) is 0 Å². The van der Waals surface area contributed by atoms with Crippen LogP contribution >= 0.6 is 0 Å². The quantitative estimate of drug-likeness (QED) is 0.728. The molecule has 0 saturated heterocycles. The van der Waals surface area contributed by atoms with Crippen molar-refractivity contribution < 1.29 is 8.78 Å². The molecule has 1 aromatic carbocycles. The highest BCUT2D eigenvalue weighted by molar-refractivity contribution is 5.62. The zero-order chi connectivity index (χ0) is 10.7. The summed E-state index contributed by atoms with van der Waals surface area (Å²) in [5, 5.41) is 0. The molecule has 1 heterocycles. The summed E-state index contributed by atoms with van der Waals surface area (Å²) >= 11 is 0. The molecule has 0 bridgehead atoms. The van der Waals surface area contributed by atoms with Gasteiger partial charge in [-0.05, 0) is 12.1 Å². The standard InChI is InChI=1S/C12H9F2N/c13-12(14)10-7-4-8-15-11(10)9-5-2-1-3-6-9/h1-8,12H. The third-order valence-electron chi connectivity index (χ3n) is 2.12. The molecule has 2 rings (SSSR count). The second-order valence-electron chi connectivity index (χ2n) is 3.11. The van der Waals surface area contributed by atoms with Gasteiger partial charge in [-0.2, -0.15) is 0 Å². The van der Waals surface area contributed by atoms with Gasteiger partial charge in [-0.25, -0.2) is 8.78 Å². The van der Waals surface area contributed by atoms with Gasteiger partial charge in [0.1, 0.15) is 0 Å². The van der Waals surface area contributed by atoms with Crippen LogP contribution in [0.1, 0.15) is 12.0 Å². The molecular formula is C12H9F2N. The van der Waals surface area contributed by atoms with Crippen molar-refractivity contribution in [1.29, 1.82) is 0 Å². The first-order valence-electron chi connectivity index (χ1n) is 4.57. The third kappa shape index (κ3) is 2.01. The van der Waals surface area contributed by atoms with Crippen molar-refractivity contribution >= 4 is 0 Å². The molecule has 0 amide bonds. The molecule has 0 aliphatic rings. The number of benzene rings is 1. The molecule has 3 heteroatoms. The molecule has 0 N–H and O–H groups in total. The lowest BCUT2D eigenvalue weighted by Gasteiger charge is -2.06. The maximum atomic E-state index is 12.7. The van der Waals surface area contributed by atoms with E-state index in [4.69, 9.17) is 0 Å². The van der Waals surface area contributed by atoms with Gasteiger partial charge >= 0.3 is 0 Å². The predicted molar refractivity (Wildman–Crippen MR) is 54.6 cm³/mol. The lowest BCUT2D eigenvalue weighted by molar-refractivity contribution is 0.151. The molecule has 1 aromatic heterocycles. The summed E-state index contributed by atoms with van der Waals surface area (Å²) in [6.45, 7) is 0. The summed E-state index contributed by atoms with van der Waals surface area (Å²) < 4.78 is 25.3. The Morgan fingerprint density at radius 3 is 2.33 bits per heavy atom. The first kappa shape index (κ1) is 9.77. The molecule has 0 spiro atoms. The molecule has 0 aliphatic heterocycles. The smallest absolute Gasteiger partial charge is 0.256 e. The highest BCUT2D eigenvalue weighted by Gasteiger charge is 2.14. The number of alkyl halides is 2. The Labute approximate surface area is 86.4 Å². The second kappa shape index (κ2) is 4.17. The summed E-state index contributed by atoms with van der Waals surface area (Å²) in [6, 6.07) is 11.9. The van der Waals surface area contributed by atoms with E-state index < -0.39 is 6.43 Å². The minimum absolute atomic E-state index is 0.0244. The molecule has 76 valence electrons. The van der Waals surface area contributed by atoms with E-state index in [9.17, 15) is 8.78 Å². The topological polar surface area (TPSA) is 12.9 Å². The third-order valence-corrected chi connectivity index (χ3v) is 2.12. The Hall–Kier alpha value is -1.77. The average Bonchev–Trinajstić information content (AvgIpc) is 2.30. The van der Waals surface area contributed by atoms with E-state index in [-0.39, 0.29) is 5.56 Å². The van der Waals surface area contributed by atoms with E-state index in [1.165, 1.54) is 18.3 Å². The highest BCUT2D eigenvalue weighted by atomic mass is 19.3. The monoisotopic (exact) mass is 205 g/mol. The summed E-state index contributed by atoms with van der Waals surface area (Å²) in [5.74, 6) is 0. The fourth-order valence-electron chi connectivity index (χ4n) is 1.43. The van der Waals surface area contributed by atoms with Crippen LogP contribution in [0.25, 0.3) is 11.3 Å². The molecule has 0 saturated carbocycles. The van der Waals surface area contributed by atoms with E-state index in [0.717, 1.165) is 0 Å². The van der Waals surface area contributed by atoms with Crippen LogP contribution in [0.2, 0.25) is 0 Å². The van der Waals surface area contributed by atoms with Crippen molar-refractivity contribution in [3.8, 4) is 11.3 Å². The minimum atomic E-state index is -2.49. The SMILES string of the molecule is FC(F)c1cccnc1-c1ccccc1. The Morgan fingerprint density at radius 1 is 0.933 bits per heavy atom. The number of hydrogen-bond acceptors (Lipinski definition) is 1. The molecule has 0 atom stereocenters. The average molecular weight is 205 g/mol. The lowest BCUT2D eigenvalue weighted by atomic mass is 10.1. The van der Waals surface area contributed by atoms with Gasteiger partial charge in [0.05, 0.1) is 5.69 Å². The zero-order valence-electron chi connectivity index (χ0n) is 7.90. The first-order valence-corrected chi connectivity index (χ1v) is 4.57. The van der Waals surface area contributed by atoms with Crippen molar-refractivity contribution in [3.05, 3.63) is 54.2 Å². The van der Waals surface area contributed by atoms with Crippen LogP contribution in [0.3, 0.4) is 0 Å². The molecule has 0 unspecified atom stereocenters. The van der Waals surface area contributed by atoms with Gasteiger partial charge in [-0.3, -0.25) is 4.98 Å². The Kier molecular flexibility index (Phi) is 2.72. The van der Waals surface area contributed by atoms with Gasteiger partial charge in [0.15, 0.2) is 0 Å². The van der Waals surface area contributed by atoms with Crippen LogP contribution in [0.4, 0.5) is 8.78 Å². The predicted octanol–water partition coefficient (Wildman–Crippen LogP) is 3.69. The van der Waals surface area contributed by atoms with E-state index >= 15 is 0 Å². The number of hydrogen-bond donors (Lipinski definition) is 0. The van der Waals surface area contributed by atoms with Crippen LogP contribution in [0.15, 0.2) is 48.7 Å². The molecule has 1 nitrogen and oxygen atoms in total. The number of nitrogens with zero attached hydrogens (tertiary/aromatic N) is 1. The van der Waals surface area contributed by atoms with Crippen LogP contribution in [-0.4, -0.2) is 4.98 Å². The van der Waals surface area contributed by atoms with Gasteiger partial charge in [0.25, 0.3) is 6.43 Å². The van der Waals surface area contributed by atoms with Crippen LogP contribution in [0, 0.1) is 0 Å². The summed E-state index contributed by atoms with van der Waals surface area (Å²) in [5.41, 5.74) is 1.05. The normalized spacial score (nSPS) is 10.6. The van der Waals surface area contributed by atoms with E-state index in [1.54, 1.807) is 24.3 Å². The largest absolute Gasteiger partial charge is 0.265 e. The molecule has 0 radical (unpaired) electrons. The van der Waals surface area contributed by atoms with Gasteiger partial charge < -0.3 is 0 Å². The molecule has 0 fully saturated rings. The fourth-order valence-corrected chi connectivity index (χ4v) is 1.43. The van der Waals surface area contributed by atoms with Crippen LogP contribution in [0.5, 0.6) is 0 Å². The maximum Gasteiger partial charge on any atom is 0.265 e. The van der Waals surface area contributed by atoms with Gasteiger partial charge in [-0.1, -0.05) is 30.3 Å². The number of halogens is 2. The van der Waals surface area contributed by atoms with Crippen molar-refractivity contribution in [1.82, 2.24) is 4.98 Å². The number of rotatable bonds is 2.